The van der Waals surface area contributed by atoms with Gasteiger partial charge in [0.25, 0.3) is 11.8 Å². The Balaban J connectivity index is 2.12. The van der Waals surface area contributed by atoms with Crippen LogP contribution >= 0.6 is 11.6 Å². The number of benzene rings is 2. The fourth-order valence-electron chi connectivity index (χ4n) is 2.22. The average molecular weight is 363 g/mol. The van der Waals surface area contributed by atoms with Crippen molar-refractivity contribution < 1.29 is 19.1 Å². The molecule has 2 amide bonds. The molecule has 7 heteroatoms. The first kappa shape index (κ1) is 18.6. The van der Waals surface area contributed by atoms with Gasteiger partial charge in [-0.3, -0.25) is 9.59 Å². The van der Waals surface area contributed by atoms with Crippen molar-refractivity contribution in [2.75, 3.05) is 13.7 Å². The average Bonchev–Trinajstić information content (AvgIpc) is 2.59. The second-order valence-corrected chi connectivity index (χ2v) is 5.81. The number of carbonyl (C=O) groups is 2. The fraction of sp³-hybridized carbons (Fsp3) is 0.222. The molecular formula is C18H19ClN2O4. The maximum atomic E-state index is 12.4. The van der Waals surface area contributed by atoms with E-state index in [4.69, 9.17) is 26.8 Å². The standard InChI is InChI=1S/C18H19ClN2O4/c1-11(12-4-3-5-14(19)8-12)21-18(23)13-6-7-15(16(9-13)24-2)25-10-17(20)22/h3-9,11H,10H2,1-2H3,(H2,20,22)(H,21,23). The third kappa shape index (κ3) is 5.12. The van der Waals surface area contributed by atoms with Crippen LogP contribution < -0.4 is 20.5 Å². The smallest absolute Gasteiger partial charge is 0.255 e. The summed E-state index contributed by atoms with van der Waals surface area (Å²) in [5, 5.41) is 3.50. The number of carbonyl (C=O) groups excluding carboxylic acids is 2. The predicted octanol–water partition coefficient (Wildman–Crippen LogP) is 2.70. The van der Waals surface area contributed by atoms with Crippen LogP contribution in [0, 0.1) is 0 Å². The van der Waals surface area contributed by atoms with Crippen molar-refractivity contribution in [1.82, 2.24) is 5.32 Å². The van der Waals surface area contributed by atoms with Crippen molar-refractivity contribution in [2.45, 2.75) is 13.0 Å². The van der Waals surface area contributed by atoms with Crippen molar-refractivity contribution in [3.63, 3.8) is 0 Å². The normalized spacial score (nSPS) is 11.5. The van der Waals surface area contributed by atoms with Crippen molar-refractivity contribution in [2.24, 2.45) is 5.73 Å². The van der Waals surface area contributed by atoms with Crippen LogP contribution in [0.25, 0.3) is 0 Å². The van der Waals surface area contributed by atoms with E-state index in [9.17, 15) is 9.59 Å². The van der Waals surface area contributed by atoms with E-state index in [2.05, 4.69) is 5.32 Å². The van der Waals surface area contributed by atoms with Gasteiger partial charge in [-0.05, 0) is 42.8 Å². The summed E-state index contributed by atoms with van der Waals surface area (Å²) >= 11 is 5.98. The Morgan fingerprint density at radius 2 is 1.96 bits per heavy atom. The molecule has 0 bridgehead atoms. The molecule has 0 saturated carbocycles. The minimum atomic E-state index is -0.598. The van der Waals surface area contributed by atoms with Gasteiger partial charge in [0.2, 0.25) is 0 Å². The molecule has 1 unspecified atom stereocenters. The van der Waals surface area contributed by atoms with Gasteiger partial charge < -0.3 is 20.5 Å². The molecule has 1 atom stereocenters. The Labute approximate surface area is 150 Å². The lowest BCUT2D eigenvalue weighted by Crippen LogP contribution is -2.26. The molecule has 0 spiro atoms. The lowest BCUT2D eigenvalue weighted by molar-refractivity contribution is -0.119. The van der Waals surface area contributed by atoms with Crippen LogP contribution in [0.2, 0.25) is 5.02 Å². The molecule has 25 heavy (non-hydrogen) atoms. The van der Waals surface area contributed by atoms with Gasteiger partial charge in [0.15, 0.2) is 18.1 Å². The van der Waals surface area contributed by atoms with E-state index in [-0.39, 0.29) is 18.6 Å². The number of halogens is 1. The quantitative estimate of drug-likeness (QED) is 0.792. The molecule has 0 radical (unpaired) electrons. The summed E-state index contributed by atoms with van der Waals surface area (Å²) < 4.78 is 10.4. The number of ether oxygens (including phenoxy) is 2. The van der Waals surface area contributed by atoms with Crippen molar-refractivity contribution in [1.29, 1.82) is 0 Å². The van der Waals surface area contributed by atoms with Gasteiger partial charge in [0.05, 0.1) is 13.2 Å². The number of rotatable bonds is 7. The Bertz CT molecular complexity index is 779. The van der Waals surface area contributed by atoms with Crippen molar-refractivity contribution >= 4 is 23.4 Å². The number of nitrogens with two attached hydrogens (primary N) is 1. The van der Waals surface area contributed by atoms with E-state index in [1.165, 1.54) is 13.2 Å². The number of nitrogens with one attached hydrogen (secondary N) is 1. The van der Waals surface area contributed by atoms with E-state index in [0.717, 1.165) is 5.56 Å². The highest BCUT2D eigenvalue weighted by molar-refractivity contribution is 6.30. The van der Waals surface area contributed by atoms with Crippen molar-refractivity contribution in [3.8, 4) is 11.5 Å². The third-order valence-corrected chi connectivity index (χ3v) is 3.73. The largest absolute Gasteiger partial charge is 0.493 e. The lowest BCUT2D eigenvalue weighted by Gasteiger charge is -2.16. The van der Waals surface area contributed by atoms with Crippen LogP contribution in [-0.4, -0.2) is 25.5 Å². The molecule has 2 aromatic carbocycles. The summed E-state index contributed by atoms with van der Waals surface area (Å²) in [4.78, 5) is 23.3. The molecule has 0 heterocycles. The Morgan fingerprint density at radius 3 is 2.60 bits per heavy atom. The second-order valence-electron chi connectivity index (χ2n) is 5.37. The zero-order valence-corrected chi connectivity index (χ0v) is 14.7. The highest BCUT2D eigenvalue weighted by Crippen LogP contribution is 2.28. The summed E-state index contributed by atoms with van der Waals surface area (Å²) in [6.07, 6.45) is 0. The van der Waals surface area contributed by atoms with Crippen LogP contribution in [0.15, 0.2) is 42.5 Å². The van der Waals surface area contributed by atoms with Gasteiger partial charge in [-0.15, -0.1) is 0 Å². The molecule has 0 fully saturated rings. The highest BCUT2D eigenvalue weighted by atomic mass is 35.5. The first-order chi connectivity index (χ1) is 11.9. The molecule has 3 N–H and O–H groups in total. The second kappa shape index (κ2) is 8.39. The minimum absolute atomic E-state index is 0.219. The number of hydrogen-bond donors (Lipinski definition) is 2. The van der Waals surface area contributed by atoms with E-state index < -0.39 is 5.91 Å². The molecule has 0 aliphatic heterocycles. The molecule has 0 aliphatic carbocycles. The zero-order valence-electron chi connectivity index (χ0n) is 13.9. The highest BCUT2D eigenvalue weighted by Gasteiger charge is 2.15. The molecule has 132 valence electrons. The van der Waals surface area contributed by atoms with E-state index in [1.54, 1.807) is 24.3 Å². The van der Waals surface area contributed by atoms with Gasteiger partial charge in [-0.2, -0.15) is 0 Å². The van der Waals surface area contributed by atoms with Gasteiger partial charge >= 0.3 is 0 Å². The predicted molar refractivity (Wildman–Crippen MR) is 95.0 cm³/mol. The molecule has 0 aliphatic rings. The summed E-state index contributed by atoms with van der Waals surface area (Å²) in [6, 6.07) is 11.7. The number of hydrogen-bond acceptors (Lipinski definition) is 4. The van der Waals surface area contributed by atoms with Crippen LogP contribution in [0.5, 0.6) is 11.5 Å². The lowest BCUT2D eigenvalue weighted by atomic mass is 10.1. The van der Waals surface area contributed by atoms with Crippen LogP contribution in [0.4, 0.5) is 0 Å². The molecule has 2 rings (SSSR count). The summed E-state index contributed by atoms with van der Waals surface area (Å²) in [6.45, 7) is 1.60. The molecular weight excluding hydrogens is 344 g/mol. The van der Waals surface area contributed by atoms with Gasteiger partial charge in [-0.25, -0.2) is 0 Å². The van der Waals surface area contributed by atoms with Gasteiger partial charge in [0.1, 0.15) is 0 Å². The summed E-state index contributed by atoms with van der Waals surface area (Å²) in [5.41, 5.74) is 6.35. The van der Waals surface area contributed by atoms with Crippen molar-refractivity contribution in [3.05, 3.63) is 58.6 Å². The zero-order chi connectivity index (χ0) is 18.4. The maximum Gasteiger partial charge on any atom is 0.255 e. The van der Waals surface area contributed by atoms with Gasteiger partial charge in [-0.1, -0.05) is 23.7 Å². The molecule has 0 aromatic heterocycles. The maximum absolute atomic E-state index is 12.4. The first-order valence-corrected chi connectivity index (χ1v) is 7.94. The number of amides is 2. The molecule has 6 nitrogen and oxygen atoms in total. The van der Waals surface area contributed by atoms with Crippen LogP contribution in [0.1, 0.15) is 28.9 Å². The number of methoxy groups -OCH3 is 1. The Hall–Kier alpha value is -2.73. The van der Waals surface area contributed by atoms with E-state index in [1.807, 2.05) is 19.1 Å². The van der Waals surface area contributed by atoms with Crippen LogP contribution in [0.3, 0.4) is 0 Å². The van der Waals surface area contributed by atoms with Crippen LogP contribution in [-0.2, 0) is 4.79 Å². The summed E-state index contributed by atoms with van der Waals surface area (Å²) in [5.74, 6) is -0.198. The minimum Gasteiger partial charge on any atom is -0.493 e. The third-order valence-electron chi connectivity index (χ3n) is 3.49. The SMILES string of the molecule is COc1cc(C(=O)NC(C)c2cccc(Cl)c2)ccc1OCC(N)=O. The first-order valence-electron chi connectivity index (χ1n) is 7.56. The Morgan fingerprint density at radius 1 is 1.20 bits per heavy atom. The van der Waals surface area contributed by atoms with E-state index in [0.29, 0.717) is 22.1 Å². The summed E-state index contributed by atoms with van der Waals surface area (Å²) in [7, 11) is 1.45. The fourth-order valence-corrected chi connectivity index (χ4v) is 2.41. The topological polar surface area (TPSA) is 90.7 Å². The van der Waals surface area contributed by atoms with Gasteiger partial charge in [0, 0.05) is 10.6 Å². The molecule has 2 aromatic rings. The Kier molecular flexibility index (Phi) is 6.25. The number of primary amides is 1. The molecule has 0 saturated heterocycles. The van der Waals surface area contributed by atoms with E-state index >= 15 is 0 Å². The monoisotopic (exact) mass is 362 g/mol.